The predicted molar refractivity (Wildman–Crippen MR) is 77.7 cm³/mol. The number of nitriles is 1. The zero-order valence-corrected chi connectivity index (χ0v) is 12.6. The number of allylic oxidation sites excluding steroid dienone is 1. The number of hydrogen-bond donors (Lipinski definition) is 1. The standard InChI is InChI=1S/C15H9F5N4O/c1-6(15(18,19)20)13-11(22)12(7(2)25)23-24(13)14-9(16)3-8(5-21)4-10(14)17/h3-4H,1,22H2,2H3. The van der Waals surface area contributed by atoms with Crippen LogP contribution in [0.4, 0.5) is 27.6 Å². The molecule has 5 nitrogen and oxygen atoms in total. The highest BCUT2D eigenvalue weighted by Gasteiger charge is 2.38. The molecule has 25 heavy (non-hydrogen) atoms. The van der Waals surface area contributed by atoms with Gasteiger partial charge in [-0.2, -0.15) is 23.5 Å². The normalized spacial score (nSPS) is 11.2. The Hall–Kier alpha value is -3.22. The van der Waals surface area contributed by atoms with E-state index in [1.165, 1.54) is 6.07 Å². The first kappa shape index (κ1) is 18.1. The van der Waals surface area contributed by atoms with Crippen LogP contribution < -0.4 is 5.73 Å². The summed E-state index contributed by atoms with van der Waals surface area (Å²) in [6.07, 6.45) is -4.99. The van der Waals surface area contributed by atoms with Gasteiger partial charge in [-0.05, 0) is 12.1 Å². The van der Waals surface area contributed by atoms with Crippen LogP contribution in [0.25, 0.3) is 11.3 Å². The number of nitrogens with zero attached hydrogens (tertiary/aromatic N) is 3. The first-order chi connectivity index (χ1) is 11.5. The molecular weight excluding hydrogens is 347 g/mol. The second kappa shape index (κ2) is 6.01. The number of nitrogens with two attached hydrogens (primary N) is 1. The van der Waals surface area contributed by atoms with Gasteiger partial charge in [0.05, 0.1) is 22.9 Å². The van der Waals surface area contributed by atoms with Crippen LogP contribution in [0.2, 0.25) is 0 Å². The zero-order valence-electron chi connectivity index (χ0n) is 12.6. The highest BCUT2D eigenvalue weighted by Crippen LogP contribution is 2.38. The van der Waals surface area contributed by atoms with Crippen molar-refractivity contribution < 1.29 is 26.7 Å². The lowest BCUT2D eigenvalue weighted by atomic mass is 10.1. The second-order valence-corrected chi connectivity index (χ2v) is 4.96. The van der Waals surface area contributed by atoms with E-state index in [9.17, 15) is 26.7 Å². The maximum absolute atomic E-state index is 14.2. The second-order valence-electron chi connectivity index (χ2n) is 4.96. The molecule has 0 atom stereocenters. The first-order valence-electron chi connectivity index (χ1n) is 6.54. The smallest absolute Gasteiger partial charge is 0.395 e. The first-order valence-corrected chi connectivity index (χ1v) is 6.54. The molecule has 0 saturated heterocycles. The number of carbonyl (C=O) groups is 1. The minimum Gasteiger partial charge on any atom is -0.395 e. The lowest BCUT2D eigenvalue weighted by Gasteiger charge is -2.14. The number of anilines is 1. The number of halogens is 5. The maximum atomic E-state index is 14.2. The molecule has 0 saturated carbocycles. The third-order valence-electron chi connectivity index (χ3n) is 3.24. The van der Waals surface area contributed by atoms with Gasteiger partial charge in [-0.3, -0.25) is 4.79 Å². The van der Waals surface area contributed by atoms with E-state index < -0.39 is 51.9 Å². The molecule has 130 valence electrons. The summed E-state index contributed by atoms with van der Waals surface area (Å²) >= 11 is 0. The average Bonchev–Trinajstić information content (AvgIpc) is 2.82. The largest absolute Gasteiger partial charge is 0.417 e. The van der Waals surface area contributed by atoms with Crippen LogP contribution in [0.1, 0.15) is 28.7 Å². The summed E-state index contributed by atoms with van der Waals surface area (Å²) in [6, 6.07) is 2.73. The lowest BCUT2D eigenvalue weighted by molar-refractivity contribution is -0.0690. The zero-order chi connectivity index (χ0) is 19.1. The van der Waals surface area contributed by atoms with Crippen molar-refractivity contribution in [3.05, 3.63) is 47.3 Å². The van der Waals surface area contributed by atoms with Gasteiger partial charge < -0.3 is 5.73 Å². The Bertz CT molecular complexity index is 914. The van der Waals surface area contributed by atoms with Gasteiger partial charge in [0.2, 0.25) is 0 Å². The fourth-order valence-electron chi connectivity index (χ4n) is 2.11. The molecule has 2 aromatic rings. The van der Waals surface area contributed by atoms with Gasteiger partial charge in [0.15, 0.2) is 23.1 Å². The molecule has 0 aliphatic heterocycles. The van der Waals surface area contributed by atoms with E-state index in [1.54, 1.807) is 0 Å². The molecule has 1 heterocycles. The Balaban J connectivity index is 2.88. The summed E-state index contributed by atoms with van der Waals surface area (Å²) in [5, 5.41) is 12.2. The third-order valence-corrected chi connectivity index (χ3v) is 3.24. The molecule has 0 radical (unpaired) electrons. The molecule has 0 spiro atoms. The Labute approximate surface area is 137 Å². The fraction of sp³-hybridized carbons (Fsp3) is 0.133. The Morgan fingerprint density at radius 1 is 1.32 bits per heavy atom. The molecule has 2 rings (SSSR count). The lowest BCUT2D eigenvalue weighted by Crippen LogP contribution is -2.16. The molecule has 0 fully saturated rings. The van der Waals surface area contributed by atoms with E-state index in [2.05, 4.69) is 11.7 Å². The molecule has 0 amide bonds. The Morgan fingerprint density at radius 2 is 1.84 bits per heavy atom. The quantitative estimate of drug-likeness (QED) is 0.675. The highest BCUT2D eigenvalue weighted by atomic mass is 19.4. The van der Waals surface area contributed by atoms with Crippen LogP contribution in [-0.2, 0) is 0 Å². The summed E-state index contributed by atoms with van der Waals surface area (Å²) in [5.74, 6) is -3.52. The van der Waals surface area contributed by atoms with Crippen molar-refractivity contribution in [3.63, 3.8) is 0 Å². The van der Waals surface area contributed by atoms with Crippen molar-refractivity contribution in [2.45, 2.75) is 13.1 Å². The van der Waals surface area contributed by atoms with Crippen LogP contribution in [0.15, 0.2) is 18.7 Å². The SMILES string of the molecule is C=C(c1c(N)c(C(C)=O)nn1-c1c(F)cc(C#N)cc1F)C(F)(F)F. The Morgan fingerprint density at radius 3 is 2.24 bits per heavy atom. The van der Waals surface area contributed by atoms with Gasteiger partial charge in [0, 0.05) is 6.92 Å². The molecule has 2 N–H and O–H groups in total. The molecule has 0 aliphatic rings. The third kappa shape index (κ3) is 3.08. The fourth-order valence-corrected chi connectivity index (χ4v) is 2.11. The van der Waals surface area contributed by atoms with E-state index in [-0.39, 0.29) is 10.2 Å². The summed E-state index contributed by atoms with van der Waals surface area (Å²) in [6.45, 7) is 3.82. The van der Waals surface area contributed by atoms with Gasteiger partial charge in [0.1, 0.15) is 11.4 Å². The molecular formula is C15H9F5N4O. The van der Waals surface area contributed by atoms with E-state index in [4.69, 9.17) is 11.0 Å². The van der Waals surface area contributed by atoms with E-state index >= 15 is 0 Å². The molecule has 1 aromatic carbocycles. The summed E-state index contributed by atoms with van der Waals surface area (Å²) in [7, 11) is 0. The van der Waals surface area contributed by atoms with E-state index in [0.29, 0.717) is 12.1 Å². The number of aromatic nitrogens is 2. The topological polar surface area (TPSA) is 84.7 Å². The average molecular weight is 356 g/mol. The van der Waals surface area contributed by atoms with Crippen molar-refractivity contribution in [1.29, 1.82) is 5.26 Å². The molecule has 0 bridgehead atoms. The number of hydrogen-bond acceptors (Lipinski definition) is 4. The maximum Gasteiger partial charge on any atom is 0.417 e. The minimum atomic E-state index is -4.99. The van der Waals surface area contributed by atoms with Crippen molar-refractivity contribution in [3.8, 4) is 11.8 Å². The molecule has 10 heteroatoms. The van der Waals surface area contributed by atoms with Gasteiger partial charge >= 0.3 is 6.18 Å². The van der Waals surface area contributed by atoms with Crippen LogP contribution >= 0.6 is 0 Å². The number of nitrogen functional groups attached to an aromatic ring is 1. The number of rotatable bonds is 3. The number of alkyl halides is 3. The molecule has 0 aliphatic carbocycles. The summed E-state index contributed by atoms with van der Waals surface area (Å²) in [5.41, 5.74) is 0.335. The van der Waals surface area contributed by atoms with E-state index in [1.807, 2.05) is 0 Å². The predicted octanol–water partition coefficient (Wildman–Crippen LogP) is 3.38. The Kier molecular flexibility index (Phi) is 4.36. The van der Waals surface area contributed by atoms with Crippen LogP contribution in [0.3, 0.4) is 0 Å². The van der Waals surface area contributed by atoms with E-state index in [0.717, 1.165) is 6.92 Å². The number of ketones is 1. The van der Waals surface area contributed by atoms with Crippen LogP contribution in [0, 0.1) is 23.0 Å². The van der Waals surface area contributed by atoms with Crippen LogP contribution in [0.5, 0.6) is 0 Å². The highest BCUT2D eigenvalue weighted by molar-refractivity contribution is 5.99. The van der Waals surface area contributed by atoms with Crippen molar-refractivity contribution >= 4 is 17.0 Å². The monoisotopic (exact) mass is 356 g/mol. The van der Waals surface area contributed by atoms with Crippen molar-refractivity contribution in [2.75, 3.05) is 5.73 Å². The summed E-state index contributed by atoms with van der Waals surface area (Å²) < 4.78 is 67.7. The number of Topliss-reactive ketones (excluding diaryl/α,β-unsaturated/α-hetero) is 1. The van der Waals surface area contributed by atoms with Gasteiger partial charge in [-0.1, -0.05) is 6.58 Å². The van der Waals surface area contributed by atoms with Crippen LogP contribution in [-0.4, -0.2) is 21.7 Å². The number of carbonyl (C=O) groups excluding carboxylic acids is 1. The minimum absolute atomic E-state index is 0.230. The van der Waals surface area contributed by atoms with Crippen molar-refractivity contribution in [1.82, 2.24) is 9.78 Å². The van der Waals surface area contributed by atoms with Gasteiger partial charge in [-0.15, -0.1) is 0 Å². The number of benzene rings is 1. The molecule has 0 unspecified atom stereocenters. The molecule has 1 aromatic heterocycles. The van der Waals surface area contributed by atoms with Gasteiger partial charge in [-0.25, -0.2) is 13.5 Å². The summed E-state index contributed by atoms with van der Waals surface area (Å²) in [4.78, 5) is 11.5. The van der Waals surface area contributed by atoms with Crippen molar-refractivity contribution in [2.24, 2.45) is 0 Å². The van der Waals surface area contributed by atoms with Gasteiger partial charge in [0.25, 0.3) is 0 Å².